The summed E-state index contributed by atoms with van der Waals surface area (Å²) in [6, 6.07) is 0. The van der Waals surface area contributed by atoms with Gasteiger partial charge in [-0.2, -0.15) is 11.3 Å². The zero-order valence-corrected chi connectivity index (χ0v) is 10.4. The molecule has 1 aromatic heterocycles. The van der Waals surface area contributed by atoms with E-state index in [-0.39, 0.29) is 11.9 Å². The Labute approximate surface area is 103 Å². The van der Waals surface area contributed by atoms with Crippen molar-refractivity contribution < 1.29 is 14.5 Å². The lowest BCUT2D eigenvalue weighted by Crippen LogP contribution is -2.05. The van der Waals surface area contributed by atoms with E-state index in [2.05, 4.69) is 4.74 Å². The number of rotatable bonds is 5. The van der Waals surface area contributed by atoms with Gasteiger partial charge in [-0.25, -0.2) is 4.79 Å². The third-order valence-corrected chi connectivity index (χ3v) is 3.11. The Kier molecular flexibility index (Phi) is 4.84. The van der Waals surface area contributed by atoms with Crippen molar-refractivity contribution >= 4 is 17.3 Å². The van der Waals surface area contributed by atoms with Crippen LogP contribution >= 0.6 is 11.3 Å². The molecule has 0 saturated carbocycles. The third-order valence-electron chi connectivity index (χ3n) is 2.34. The smallest absolute Gasteiger partial charge is 0.338 e. The van der Waals surface area contributed by atoms with Crippen LogP contribution in [0.1, 0.15) is 35.2 Å². The monoisotopic (exact) mass is 255 g/mol. The molecule has 0 amide bonds. The van der Waals surface area contributed by atoms with Crippen molar-refractivity contribution in [2.75, 3.05) is 7.11 Å². The quantitative estimate of drug-likeness (QED) is 0.461. The van der Waals surface area contributed by atoms with Gasteiger partial charge in [-0.1, -0.05) is 6.92 Å². The van der Waals surface area contributed by atoms with Crippen LogP contribution in [0.5, 0.6) is 0 Å². The molecule has 0 spiro atoms. The highest BCUT2D eigenvalue weighted by Crippen LogP contribution is 2.27. The maximum absolute atomic E-state index is 11.4. The zero-order chi connectivity index (χ0) is 12.8. The Morgan fingerprint density at radius 3 is 2.94 bits per heavy atom. The molecule has 6 heteroatoms. The van der Waals surface area contributed by atoms with Crippen LogP contribution in [0, 0.1) is 10.1 Å². The first-order valence-electron chi connectivity index (χ1n) is 5.00. The molecular weight excluding hydrogens is 242 g/mol. The largest absolute Gasteiger partial charge is 0.465 e. The summed E-state index contributed by atoms with van der Waals surface area (Å²) in [4.78, 5) is 21.1. The van der Waals surface area contributed by atoms with Gasteiger partial charge in [0.05, 0.1) is 17.6 Å². The van der Waals surface area contributed by atoms with Gasteiger partial charge in [0.2, 0.25) is 6.20 Å². The summed E-state index contributed by atoms with van der Waals surface area (Å²) in [5, 5.41) is 13.7. The SMILES string of the molecule is COC(=O)c1cscc1C(C)CC=C[N+](=O)[O-]. The highest BCUT2D eigenvalue weighted by Gasteiger charge is 2.17. The lowest BCUT2D eigenvalue weighted by molar-refractivity contribution is -0.402. The standard InChI is InChI=1S/C11H13NO4S/c1-8(4-3-5-12(14)15)9-6-17-7-10(9)11(13)16-2/h3,5-8H,4H2,1-2H3. The van der Waals surface area contributed by atoms with Gasteiger partial charge in [-0.15, -0.1) is 0 Å². The van der Waals surface area contributed by atoms with Crippen LogP contribution in [-0.2, 0) is 4.74 Å². The predicted molar refractivity (Wildman–Crippen MR) is 64.8 cm³/mol. The van der Waals surface area contributed by atoms with Crippen molar-refractivity contribution in [1.29, 1.82) is 0 Å². The third kappa shape index (κ3) is 3.67. The van der Waals surface area contributed by atoms with Crippen LogP contribution in [0.3, 0.4) is 0 Å². The molecule has 1 heterocycles. The number of thiophene rings is 1. The highest BCUT2D eigenvalue weighted by atomic mass is 32.1. The van der Waals surface area contributed by atoms with E-state index in [4.69, 9.17) is 0 Å². The number of hydrogen-bond acceptors (Lipinski definition) is 5. The molecule has 0 aliphatic heterocycles. The van der Waals surface area contributed by atoms with Crippen LogP contribution in [0.15, 0.2) is 23.0 Å². The van der Waals surface area contributed by atoms with Gasteiger partial charge >= 0.3 is 5.97 Å². The molecule has 0 fully saturated rings. The van der Waals surface area contributed by atoms with E-state index >= 15 is 0 Å². The first-order valence-corrected chi connectivity index (χ1v) is 5.95. The lowest BCUT2D eigenvalue weighted by Gasteiger charge is -2.08. The van der Waals surface area contributed by atoms with E-state index in [9.17, 15) is 14.9 Å². The predicted octanol–water partition coefficient (Wildman–Crippen LogP) is 2.82. The molecule has 0 radical (unpaired) electrons. The van der Waals surface area contributed by atoms with Crippen molar-refractivity contribution in [3.63, 3.8) is 0 Å². The molecule has 0 N–H and O–H groups in total. The molecule has 17 heavy (non-hydrogen) atoms. The molecule has 0 saturated heterocycles. The highest BCUT2D eigenvalue weighted by molar-refractivity contribution is 7.08. The maximum atomic E-state index is 11.4. The van der Waals surface area contributed by atoms with Crippen molar-refractivity contribution in [2.45, 2.75) is 19.3 Å². The number of methoxy groups -OCH3 is 1. The minimum Gasteiger partial charge on any atom is -0.465 e. The molecular formula is C11H13NO4S. The molecule has 1 unspecified atom stereocenters. The number of carbonyl (C=O) groups excluding carboxylic acids is 1. The summed E-state index contributed by atoms with van der Waals surface area (Å²) in [5.74, 6) is -0.321. The molecule has 92 valence electrons. The van der Waals surface area contributed by atoms with E-state index in [1.807, 2.05) is 12.3 Å². The average molecular weight is 255 g/mol. The number of carbonyl (C=O) groups is 1. The fourth-order valence-corrected chi connectivity index (χ4v) is 2.38. The normalized spacial score (nSPS) is 12.6. The second kappa shape index (κ2) is 6.15. The van der Waals surface area contributed by atoms with E-state index in [1.54, 1.807) is 5.38 Å². The molecule has 0 aliphatic rings. The molecule has 0 aliphatic carbocycles. The van der Waals surface area contributed by atoms with Crippen LogP contribution in [-0.4, -0.2) is 18.0 Å². The van der Waals surface area contributed by atoms with Crippen molar-refractivity contribution in [2.24, 2.45) is 0 Å². The Morgan fingerprint density at radius 1 is 1.65 bits per heavy atom. The number of ether oxygens (including phenoxy) is 1. The minimum absolute atomic E-state index is 0.0477. The van der Waals surface area contributed by atoms with Gasteiger partial charge in [-0.3, -0.25) is 10.1 Å². The molecule has 1 rings (SSSR count). The second-order valence-corrected chi connectivity index (χ2v) is 4.28. The van der Waals surface area contributed by atoms with E-state index in [1.165, 1.54) is 24.5 Å². The molecule has 1 atom stereocenters. The average Bonchev–Trinajstić information content (AvgIpc) is 2.76. The number of nitro groups is 1. The van der Waals surface area contributed by atoms with Crippen LogP contribution in [0.25, 0.3) is 0 Å². The van der Waals surface area contributed by atoms with Crippen molar-refractivity contribution in [3.05, 3.63) is 44.3 Å². The first kappa shape index (κ1) is 13.4. The Balaban J connectivity index is 2.75. The zero-order valence-electron chi connectivity index (χ0n) is 9.58. The number of esters is 1. The van der Waals surface area contributed by atoms with Gasteiger partial charge in [0.15, 0.2) is 0 Å². The Hall–Kier alpha value is -1.69. The summed E-state index contributed by atoms with van der Waals surface area (Å²) in [5.41, 5.74) is 1.41. The Morgan fingerprint density at radius 2 is 2.35 bits per heavy atom. The fourth-order valence-electron chi connectivity index (χ4n) is 1.44. The van der Waals surface area contributed by atoms with E-state index < -0.39 is 4.92 Å². The summed E-state index contributed by atoms with van der Waals surface area (Å²) in [6.45, 7) is 1.92. The van der Waals surface area contributed by atoms with Gasteiger partial charge in [0.1, 0.15) is 0 Å². The summed E-state index contributed by atoms with van der Waals surface area (Å²) in [6.07, 6.45) is 2.92. The van der Waals surface area contributed by atoms with Crippen LogP contribution in [0.2, 0.25) is 0 Å². The van der Waals surface area contributed by atoms with Gasteiger partial charge < -0.3 is 4.74 Å². The van der Waals surface area contributed by atoms with Gasteiger partial charge in [-0.05, 0) is 29.4 Å². The summed E-state index contributed by atoms with van der Waals surface area (Å²) < 4.78 is 4.67. The van der Waals surface area contributed by atoms with Crippen LogP contribution < -0.4 is 0 Å². The topological polar surface area (TPSA) is 69.4 Å². The first-order chi connectivity index (χ1) is 8.06. The molecule has 0 bridgehead atoms. The van der Waals surface area contributed by atoms with Crippen LogP contribution in [0.4, 0.5) is 0 Å². The van der Waals surface area contributed by atoms with Crippen molar-refractivity contribution in [1.82, 2.24) is 0 Å². The number of hydrogen-bond donors (Lipinski definition) is 0. The second-order valence-electron chi connectivity index (χ2n) is 3.54. The molecule has 0 aromatic carbocycles. The molecule has 1 aromatic rings. The van der Waals surface area contributed by atoms with Gasteiger partial charge in [0.25, 0.3) is 0 Å². The van der Waals surface area contributed by atoms with E-state index in [0.29, 0.717) is 12.0 Å². The summed E-state index contributed by atoms with van der Waals surface area (Å²) in [7, 11) is 1.33. The van der Waals surface area contributed by atoms with Crippen molar-refractivity contribution in [3.8, 4) is 0 Å². The maximum Gasteiger partial charge on any atom is 0.338 e. The Bertz CT molecular complexity index is 438. The van der Waals surface area contributed by atoms with E-state index in [0.717, 1.165) is 11.8 Å². The molecule has 5 nitrogen and oxygen atoms in total. The fraction of sp³-hybridized carbons (Fsp3) is 0.364. The lowest BCUT2D eigenvalue weighted by atomic mass is 9.97. The van der Waals surface area contributed by atoms with Gasteiger partial charge in [0, 0.05) is 5.38 Å². The minimum atomic E-state index is -0.498. The number of allylic oxidation sites excluding steroid dienone is 1. The number of nitrogens with zero attached hydrogens (tertiary/aromatic N) is 1. The summed E-state index contributed by atoms with van der Waals surface area (Å²) >= 11 is 1.42.